The third-order valence-electron chi connectivity index (χ3n) is 7.37. The summed E-state index contributed by atoms with van der Waals surface area (Å²) in [5.41, 5.74) is 1.05. The number of aliphatic hydroxyl groups is 1. The van der Waals surface area contributed by atoms with Gasteiger partial charge in [0, 0.05) is 43.5 Å². The number of carbonyl (C=O) groups is 1. The smallest absolute Gasteiger partial charge is 0.247 e. The average Bonchev–Trinajstić information content (AvgIpc) is 3.37. The molecule has 0 spiro atoms. The van der Waals surface area contributed by atoms with E-state index in [0.29, 0.717) is 28.9 Å². The molecular formula is C30H38ClFN8O3. The van der Waals surface area contributed by atoms with Crippen molar-refractivity contribution < 1.29 is 19.0 Å². The van der Waals surface area contributed by atoms with Crippen molar-refractivity contribution >= 4 is 52.2 Å². The predicted octanol–water partition coefficient (Wildman–Crippen LogP) is 5.43. The molecule has 11 nitrogen and oxygen atoms in total. The van der Waals surface area contributed by atoms with Gasteiger partial charge in [0.2, 0.25) is 17.8 Å². The van der Waals surface area contributed by atoms with E-state index in [1.54, 1.807) is 13.2 Å². The Labute approximate surface area is 256 Å². The maximum absolute atomic E-state index is 14.2. The highest BCUT2D eigenvalue weighted by atomic mass is 35.5. The number of carbonyl (C=O) groups excluding carboxylic acids is 1. The zero-order chi connectivity index (χ0) is 31.3. The summed E-state index contributed by atoms with van der Waals surface area (Å²) in [7, 11) is 3.52. The molecule has 1 fully saturated rings. The van der Waals surface area contributed by atoms with E-state index in [-0.39, 0.29) is 28.4 Å². The Bertz CT molecular complexity index is 1480. The van der Waals surface area contributed by atoms with Gasteiger partial charge in [-0.3, -0.25) is 9.69 Å². The number of halogens is 2. The van der Waals surface area contributed by atoms with Crippen molar-refractivity contribution in [3.63, 3.8) is 0 Å². The van der Waals surface area contributed by atoms with Crippen LogP contribution in [0.2, 0.25) is 5.02 Å². The second-order valence-electron chi connectivity index (χ2n) is 11.0. The number of benzene rings is 2. The van der Waals surface area contributed by atoms with Gasteiger partial charge in [0.25, 0.3) is 0 Å². The van der Waals surface area contributed by atoms with Crippen LogP contribution >= 0.6 is 11.6 Å². The molecule has 0 saturated carbocycles. The summed E-state index contributed by atoms with van der Waals surface area (Å²) in [5, 5.41) is 19.4. The summed E-state index contributed by atoms with van der Waals surface area (Å²) in [6, 6.07) is 6.66. The van der Waals surface area contributed by atoms with Gasteiger partial charge in [0.15, 0.2) is 0 Å². The number of nitrogens with one attached hydrogen (secondary N) is 3. The van der Waals surface area contributed by atoms with E-state index in [4.69, 9.17) is 16.3 Å². The molecule has 1 aliphatic heterocycles. The van der Waals surface area contributed by atoms with Gasteiger partial charge < -0.3 is 30.7 Å². The summed E-state index contributed by atoms with van der Waals surface area (Å²) in [4.78, 5) is 29.7. The normalized spacial score (nSPS) is 15.2. The van der Waals surface area contributed by atoms with Crippen LogP contribution in [0.4, 0.5) is 39.0 Å². The lowest BCUT2D eigenvalue weighted by atomic mass is 9.96. The molecule has 43 heavy (non-hydrogen) atoms. The summed E-state index contributed by atoms with van der Waals surface area (Å²) in [6.07, 6.45) is 4.90. The third kappa shape index (κ3) is 7.89. The van der Waals surface area contributed by atoms with Crippen molar-refractivity contribution in [1.29, 1.82) is 0 Å². The Morgan fingerprint density at radius 2 is 1.93 bits per heavy atom. The molecule has 4 rings (SSSR count). The van der Waals surface area contributed by atoms with Crippen LogP contribution in [-0.4, -0.2) is 70.7 Å². The minimum absolute atomic E-state index is 0.123. The molecule has 2 aromatic carbocycles. The molecule has 1 saturated heterocycles. The molecule has 1 unspecified atom stereocenters. The lowest BCUT2D eigenvalue weighted by molar-refractivity contribution is -0.111. The molecule has 1 aliphatic rings. The summed E-state index contributed by atoms with van der Waals surface area (Å²) in [5.74, 6) is -0.228. The van der Waals surface area contributed by atoms with E-state index in [1.807, 2.05) is 13.1 Å². The van der Waals surface area contributed by atoms with Gasteiger partial charge in [-0.25, -0.2) is 14.4 Å². The van der Waals surface area contributed by atoms with Gasteiger partial charge in [0.05, 0.1) is 34.8 Å². The number of amides is 1. The van der Waals surface area contributed by atoms with Crippen molar-refractivity contribution in [1.82, 2.24) is 19.9 Å². The molecular weight excluding hydrogens is 575 g/mol. The van der Waals surface area contributed by atoms with Crippen LogP contribution < -0.4 is 25.6 Å². The van der Waals surface area contributed by atoms with Gasteiger partial charge in [0.1, 0.15) is 17.9 Å². The maximum atomic E-state index is 14.2. The fourth-order valence-corrected chi connectivity index (χ4v) is 5.14. The van der Waals surface area contributed by atoms with E-state index < -0.39 is 11.4 Å². The number of methoxy groups -OCH3 is 1. The Hall–Kier alpha value is -4.00. The number of nitrogens with zero attached hydrogens (tertiary/aromatic N) is 5. The first-order valence-electron chi connectivity index (χ1n) is 13.9. The number of hydrogen-bond donors (Lipinski definition) is 4. The number of anilines is 6. The first-order valence-corrected chi connectivity index (χ1v) is 14.3. The molecule has 0 aliphatic carbocycles. The Balaban J connectivity index is 1.62. The highest BCUT2D eigenvalue weighted by Crippen LogP contribution is 2.38. The summed E-state index contributed by atoms with van der Waals surface area (Å²) < 4.78 is 19.9. The number of likely N-dealkylation sites (tertiary alicyclic amines) is 1. The lowest BCUT2D eigenvalue weighted by Gasteiger charge is -2.28. The SMILES string of the molecule is C=CC(=O)Nc1cc(Nc2ncnc(Nc3cc(Cl)c(F)cc3C(C)(C)O)n2)c(OC)cc1N(C)CCN1CCCC1C. The molecule has 0 radical (unpaired) electrons. The standard InChI is InChI=1S/C30H38ClFN8O3/c1-7-27(41)35-23-15-24(26(43-6)16-25(23)39(5)11-12-40-10-8-9-18(40)2)37-29-34-17-33-28(38-29)36-22-14-20(31)21(32)13-19(22)30(3,4)42/h7,13-18,42H,1,8-12H2,2-6H3,(H,35,41)(H2,33,34,36,37,38). The largest absolute Gasteiger partial charge is 0.494 e. The maximum Gasteiger partial charge on any atom is 0.247 e. The molecule has 13 heteroatoms. The number of hydrogen-bond acceptors (Lipinski definition) is 10. The molecule has 0 bridgehead atoms. The fraction of sp³-hybridized carbons (Fsp3) is 0.400. The summed E-state index contributed by atoms with van der Waals surface area (Å²) in [6.45, 7) is 11.6. The van der Waals surface area contributed by atoms with Crippen molar-refractivity contribution in [3.8, 4) is 5.75 Å². The van der Waals surface area contributed by atoms with Crippen LogP contribution in [0, 0.1) is 5.82 Å². The van der Waals surface area contributed by atoms with Crippen molar-refractivity contribution in [2.24, 2.45) is 0 Å². The monoisotopic (exact) mass is 612 g/mol. The average molecular weight is 613 g/mol. The molecule has 3 aromatic rings. The molecule has 4 N–H and O–H groups in total. The Kier molecular flexibility index (Phi) is 10.0. The zero-order valence-corrected chi connectivity index (χ0v) is 25.8. The first-order chi connectivity index (χ1) is 20.4. The minimum atomic E-state index is -1.37. The van der Waals surface area contributed by atoms with Gasteiger partial charge in [-0.15, -0.1) is 0 Å². The second-order valence-corrected chi connectivity index (χ2v) is 11.4. The third-order valence-corrected chi connectivity index (χ3v) is 7.66. The van der Waals surface area contributed by atoms with E-state index in [2.05, 4.69) is 54.2 Å². The van der Waals surface area contributed by atoms with Crippen LogP contribution in [-0.2, 0) is 10.4 Å². The van der Waals surface area contributed by atoms with Gasteiger partial charge in [-0.2, -0.15) is 4.98 Å². The lowest BCUT2D eigenvalue weighted by Crippen LogP contribution is -2.35. The quantitative estimate of drug-likeness (QED) is 0.197. The molecule has 1 aromatic heterocycles. The van der Waals surface area contributed by atoms with Crippen molar-refractivity contribution in [2.75, 3.05) is 54.6 Å². The van der Waals surface area contributed by atoms with Crippen LogP contribution in [0.3, 0.4) is 0 Å². The highest BCUT2D eigenvalue weighted by molar-refractivity contribution is 6.31. The Morgan fingerprint density at radius 1 is 1.23 bits per heavy atom. The molecule has 1 amide bonds. The predicted molar refractivity (Wildman–Crippen MR) is 168 cm³/mol. The summed E-state index contributed by atoms with van der Waals surface area (Å²) >= 11 is 6.01. The van der Waals surface area contributed by atoms with E-state index in [0.717, 1.165) is 25.3 Å². The first kappa shape index (κ1) is 31.9. The van der Waals surface area contributed by atoms with E-state index in [9.17, 15) is 14.3 Å². The van der Waals surface area contributed by atoms with E-state index in [1.165, 1.54) is 51.2 Å². The number of aromatic nitrogens is 3. The minimum Gasteiger partial charge on any atom is -0.494 e. The Morgan fingerprint density at radius 3 is 2.53 bits per heavy atom. The number of rotatable bonds is 12. The topological polar surface area (TPSA) is 128 Å². The highest BCUT2D eigenvalue weighted by Gasteiger charge is 2.24. The van der Waals surface area contributed by atoms with Crippen molar-refractivity contribution in [2.45, 2.75) is 45.3 Å². The molecule has 1 atom stereocenters. The van der Waals surface area contributed by atoms with Gasteiger partial charge in [-0.05, 0) is 64.4 Å². The molecule has 230 valence electrons. The van der Waals surface area contributed by atoms with Gasteiger partial charge in [-0.1, -0.05) is 18.2 Å². The second kappa shape index (κ2) is 13.5. The van der Waals surface area contributed by atoms with Crippen LogP contribution in [0.15, 0.2) is 43.2 Å². The van der Waals surface area contributed by atoms with Crippen LogP contribution in [0.1, 0.15) is 39.2 Å². The number of ether oxygens (including phenoxy) is 1. The van der Waals surface area contributed by atoms with E-state index >= 15 is 0 Å². The van der Waals surface area contributed by atoms with Crippen molar-refractivity contribution in [3.05, 3.63) is 59.7 Å². The fourth-order valence-electron chi connectivity index (χ4n) is 4.97. The molecule has 2 heterocycles. The van der Waals surface area contributed by atoms with Gasteiger partial charge >= 0.3 is 0 Å². The van der Waals surface area contributed by atoms with Crippen LogP contribution in [0.25, 0.3) is 0 Å². The number of likely N-dealkylation sites (N-methyl/N-ethyl adjacent to an activating group) is 1. The zero-order valence-electron chi connectivity index (χ0n) is 25.0. The van der Waals surface area contributed by atoms with Crippen LogP contribution in [0.5, 0.6) is 5.75 Å².